The summed E-state index contributed by atoms with van der Waals surface area (Å²) >= 11 is 0. The van der Waals surface area contributed by atoms with Crippen LogP contribution in [0, 0.1) is 17.8 Å². The van der Waals surface area contributed by atoms with E-state index in [1.165, 1.54) is 25.7 Å². The number of rotatable bonds is 3. The first kappa shape index (κ1) is 9.00. The smallest absolute Gasteiger partial charge is 0.233 e. The van der Waals surface area contributed by atoms with Crippen LogP contribution in [0.2, 0.25) is 0 Å². The Labute approximate surface area is 79.1 Å². The molecule has 0 saturated heterocycles. The van der Waals surface area contributed by atoms with Gasteiger partial charge in [-0.2, -0.15) is 0 Å². The molecule has 3 unspecified atom stereocenters. The second-order valence-corrected chi connectivity index (χ2v) is 4.44. The van der Waals surface area contributed by atoms with E-state index in [0.717, 1.165) is 24.3 Å². The summed E-state index contributed by atoms with van der Waals surface area (Å²) in [6.07, 6.45) is 5.54. The van der Waals surface area contributed by atoms with Gasteiger partial charge in [-0.15, -0.1) is 0 Å². The molecule has 74 valence electrons. The highest BCUT2D eigenvalue weighted by Gasteiger charge is 2.39. The standard InChI is InChI=1S/C10H18N2O/c11-5-10(13)12-6-9-4-7-1-2-8(9)3-7/h7-9H,1-6,11H2,(H,12,13). The zero-order chi connectivity index (χ0) is 9.26. The van der Waals surface area contributed by atoms with Crippen molar-refractivity contribution in [2.24, 2.45) is 23.5 Å². The number of carbonyl (C=O) groups excluding carboxylic acids is 1. The van der Waals surface area contributed by atoms with Crippen LogP contribution >= 0.6 is 0 Å². The monoisotopic (exact) mass is 182 g/mol. The summed E-state index contributed by atoms with van der Waals surface area (Å²) in [6, 6.07) is 0. The SMILES string of the molecule is NCC(=O)NCC1CC2CCC1C2. The van der Waals surface area contributed by atoms with Gasteiger partial charge in [-0.25, -0.2) is 0 Å². The topological polar surface area (TPSA) is 55.1 Å². The largest absolute Gasteiger partial charge is 0.355 e. The van der Waals surface area contributed by atoms with Gasteiger partial charge in [0.05, 0.1) is 6.54 Å². The number of hydrogen-bond acceptors (Lipinski definition) is 2. The summed E-state index contributed by atoms with van der Waals surface area (Å²) < 4.78 is 0. The Bertz CT molecular complexity index is 205. The molecule has 1 amide bonds. The fraction of sp³-hybridized carbons (Fsp3) is 0.900. The molecule has 3 heteroatoms. The summed E-state index contributed by atoms with van der Waals surface area (Å²) in [4.78, 5) is 10.9. The molecule has 2 fully saturated rings. The number of fused-ring (bicyclic) bond motifs is 2. The lowest BCUT2D eigenvalue weighted by Gasteiger charge is -2.21. The molecule has 2 aliphatic carbocycles. The van der Waals surface area contributed by atoms with E-state index in [4.69, 9.17) is 5.73 Å². The average Bonchev–Trinajstić information content (AvgIpc) is 2.74. The number of nitrogens with two attached hydrogens (primary N) is 1. The fourth-order valence-corrected chi connectivity index (χ4v) is 2.94. The van der Waals surface area contributed by atoms with E-state index in [2.05, 4.69) is 5.32 Å². The van der Waals surface area contributed by atoms with Gasteiger partial charge in [0.25, 0.3) is 0 Å². The summed E-state index contributed by atoms with van der Waals surface area (Å²) in [5.74, 6) is 2.59. The quantitative estimate of drug-likeness (QED) is 0.667. The third-order valence-corrected chi connectivity index (χ3v) is 3.63. The molecule has 0 radical (unpaired) electrons. The minimum Gasteiger partial charge on any atom is -0.355 e. The van der Waals surface area contributed by atoms with Crippen molar-refractivity contribution in [3.63, 3.8) is 0 Å². The Balaban J connectivity index is 1.74. The molecule has 0 spiro atoms. The first-order valence-electron chi connectivity index (χ1n) is 5.26. The Kier molecular flexibility index (Phi) is 2.54. The maximum absolute atomic E-state index is 10.9. The van der Waals surface area contributed by atoms with Gasteiger partial charge in [-0.1, -0.05) is 6.42 Å². The van der Waals surface area contributed by atoms with Crippen molar-refractivity contribution in [3.05, 3.63) is 0 Å². The van der Waals surface area contributed by atoms with Crippen LogP contribution in [-0.2, 0) is 4.79 Å². The molecule has 0 aromatic heterocycles. The van der Waals surface area contributed by atoms with Gasteiger partial charge in [0.2, 0.25) is 5.91 Å². The predicted octanol–water partition coefficient (Wildman–Crippen LogP) is 0.497. The van der Waals surface area contributed by atoms with Gasteiger partial charge in [0, 0.05) is 6.54 Å². The molecule has 0 aromatic rings. The van der Waals surface area contributed by atoms with Crippen molar-refractivity contribution in [2.75, 3.05) is 13.1 Å². The molecule has 0 aliphatic heterocycles. The Morgan fingerprint density at radius 3 is 2.77 bits per heavy atom. The summed E-state index contributed by atoms with van der Waals surface area (Å²) in [6.45, 7) is 0.984. The molecular formula is C10H18N2O. The molecule has 3 atom stereocenters. The number of carbonyl (C=O) groups is 1. The fourth-order valence-electron chi connectivity index (χ4n) is 2.94. The van der Waals surface area contributed by atoms with Crippen molar-refractivity contribution in [3.8, 4) is 0 Å². The minimum absolute atomic E-state index is 0.0113. The van der Waals surface area contributed by atoms with E-state index in [9.17, 15) is 4.79 Å². The zero-order valence-corrected chi connectivity index (χ0v) is 7.96. The van der Waals surface area contributed by atoms with E-state index in [0.29, 0.717) is 0 Å². The van der Waals surface area contributed by atoms with Crippen LogP contribution in [0.15, 0.2) is 0 Å². The lowest BCUT2D eigenvalue weighted by molar-refractivity contribution is -0.119. The number of hydrogen-bond donors (Lipinski definition) is 2. The van der Waals surface area contributed by atoms with Crippen LogP contribution < -0.4 is 11.1 Å². The van der Waals surface area contributed by atoms with E-state index in [1.807, 2.05) is 0 Å². The highest BCUT2D eigenvalue weighted by molar-refractivity contribution is 5.77. The van der Waals surface area contributed by atoms with Gasteiger partial charge >= 0.3 is 0 Å². The molecule has 0 aromatic carbocycles. The van der Waals surface area contributed by atoms with Gasteiger partial charge in [-0.3, -0.25) is 4.79 Å². The Morgan fingerprint density at radius 2 is 2.23 bits per heavy atom. The molecule has 2 rings (SSSR count). The lowest BCUT2D eigenvalue weighted by Crippen LogP contribution is -2.35. The third kappa shape index (κ3) is 1.85. The number of nitrogens with one attached hydrogen (secondary N) is 1. The minimum atomic E-state index is -0.0113. The van der Waals surface area contributed by atoms with E-state index >= 15 is 0 Å². The van der Waals surface area contributed by atoms with Crippen molar-refractivity contribution in [1.82, 2.24) is 5.32 Å². The third-order valence-electron chi connectivity index (χ3n) is 3.63. The van der Waals surface area contributed by atoms with Gasteiger partial charge < -0.3 is 11.1 Å². The van der Waals surface area contributed by atoms with E-state index in [1.54, 1.807) is 0 Å². The predicted molar refractivity (Wildman–Crippen MR) is 51.0 cm³/mol. The van der Waals surface area contributed by atoms with E-state index < -0.39 is 0 Å². The maximum atomic E-state index is 10.9. The Morgan fingerprint density at radius 1 is 1.38 bits per heavy atom. The van der Waals surface area contributed by atoms with Crippen LogP contribution in [-0.4, -0.2) is 19.0 Å². The lowest BCUT2D eigenvalue weighted by atomic mass is 9.89. The zero-order valence-electron chi connectivity index (χ0n) is 7.96. The van der Waals surface area contributed by atoms with Crippen LogP contribution in [0.25, 0.3) is 0 Å². The van der Waals surface area contributed by atoms with Crippen LogP contribution in [0.4, 0.5) is 0 Å². The number of amides is 1. The van der Waals surface area contributed by atoms with Crippen LogP contribution in [0.3, 0.4) is 0 Å². The molecule has 3 nitrogen and oxygen atoms in total. The summed E-state index contributed by atoms with van der Waals surface area (Å²) in [5, 5.41) is 2.90. The first-order valence-corrected chi connectivity index (χ1v) is 5.26. The summed E-state index contributed by atoms with van der Waals surface area (Å²) in [7, 11) is 0. The maximum Gasteiger partial charge on any atom is 0.233 e. The second-order valence-electron chi connectivity index (χ2n) is 4.44. The normalized spacial score (nSPS) is 36.5. The first-order chi connectivity index (χ1) is 6.29. The molecular weight excluding hydrogens is 164 g/mol. The van der Waals surface area contributed by atoms with Gasteiger partial charge in [0.15, 0.2) is 0 Å². The van der Waals surface area contributed by atoms with Crippen molar-refractivity contribution in [1.29, 1.82) is 0 Å². The second kappa shape index (κ2) is 3.66. The molecule has 13 heavy (non-hydrogen) atoms. The molecule has 2 saturated carbocycles. The van der Waals surface area contributed by atoms with Gasteiger partial charge in [-0.05, 0) is 37.0 Å². The molecule has 2 aliphatic rings. The van der Waals surface area contributed by atoms with Crippen molar-refractivity contribution < 1.29 is 4.79 Å². The average molecular weight is 182 g/mol. The summed E-state index contributed by atoms with van der Waals surface area (Å²) in [5.41, 5.74) is 5.22. The Hall–Kier alpha value is -0.570. The highest BCUT2D eigenvalue weighted by atomic mass is 16.1. The van der Waals surface area contributed by atoms with Crippen molar-refractivity contribution >= 4 is 5.91 Å². The van der Waals surface area contributed by atoms with Gasteiger partial charge in [0.1, 0.15) is 0 Å². The van der Waals surface area contributed by atoms with Crippen LogP contribution in [0.1, 0.15) is 25.7 Å². The van der Waals surface area contributed by atoms with Crippen molar-refractivity contribution in [2.45, 2.75) is 25.7 Å². The molecule has 3 N–H and O–H groups in total. The van der Waals surface area contributed by atoms with E-state index in [-0.39, 0.29) is 12.5 Å². The van der Waals surface area contributed by atoms with Crippen LogP contribution in [0.5, 0.6) is 0 Å². The highest BCUT2D eigenvalue weighted by Crippen LogP contribution is 2.47. The molecule has 0 heterocycles. The molecule has 2 bridgehead atoms.